The van der Waals surface area contributed by atoms with E-state index in [-0.39, 0.29) is 13.7 Å². The van der Waals surface area contributed by atoms with Crippen molar-refractivity contribution in [3.63, 3.8) is 0 Å². The summed E-state index contributed by atoms with van der Waals surface area (Å²) in [4.78, 5) is 156. The van der Waals surface area contributed by atoms with Crippen LogP contribution in [0.15, 0.2) is 18.3 Å². The van der Waals surface area contributed by atoms with Crippen LogP contribution in [0.2, 0.25) is 0 Å². The summed E-state index contributed by atoms with van der Waals surface area (Å²) in [6.45, 7) is -22.3. The maximum Gasteiger partial charge on any atom is 0.394 e. The van der Waals surface area contributed by atoms with Crippen LogP contribution in [-0.4, -0.2) is 92.0 Å². The fourth-order valence-electron chi connectivity index (χ4n) is 2.09. The molecule has 16 N–H and O–H groups in total. The van der Waals surface area contributed by atoms with Gasteiger partial charge in [0.05, 0.1) is 0 Å². The Balaban J connectivity index is 10.2. The molecule has 0 amide bonds. The molecule has 0 rings (SSSR count). The van der Waals surface area contributed by atoms with Gasteiger partial charge in [0.2, 0.25) is 0 Å². The Morgan fingerprint density at radius 3 is 0.690 bits per heavy atom. The van der Waals surface area contributed by atoms with Crippen molar-refractivity contribution < 1.29 is 115 Å². The monoisotopic (exact) mass is 858 g/mol. The molecule has 0 aromatic heterocycles. The van der Waals surface area contributed by atoms with E-state index in [0.29, 0.717) is 0 Å². The second-order valence-electron chi connectivity index (χ2n) is 7.05. The van der Waals surface area contributed by atoms with E-state index in [0.717, 1.165) is 0 Å². The second kappa shape index (κ2) is 12.5. The van der Waals surface area contributed by atoms with Crippen LogP contribution in [0, 0.1) is 0 Å². The van der Waals surface area contributed by atoms with E-state index in [9.17, 15) is 115 Å². The van der Waals surface area contributed by atoms with E-state index < -0.39 is 84.5 Å². The number of hydrogen-bond acceptors (Lipinski definition) is 9. The predicted molar refractivity (Wildman–Crippen MR) is 146 cm³/mol. The van der Waals surface area contributed by atoms with Gasteiger partial charge in [0, 0.05) is 7.05 Å². The Morgan fingerprint density at radius 1 is 0.333 bits per heavy atom. The minimum absolute atomic E-state index is 0.0341. The van der Waals surface area contributed by atoms with Crippen molar-refractivity contribution in [2.24, 2.45) is 18.3 Å². The highest BCUT2D eigenvalue weighted by Gasteiger charge is 2.67. The average Bonchev–Trinajstić information content (AvgIpc) is 2.62. The van der Waals surface area contributed by atoms with Crippen molar-refractivity contribution >= 4 is 84.5 Å². The summed E-state index contributed by atoms with van der Waals surface area (Å²) in [6.07, 6.45) is -6.39. The van der Waals surface area contributed by atoms with Crippen LogP contribution >= 0.6 is 84.5 Å². The lowest BCUT2D eigenvalue weighted by Crippen LogP contribution is -1.94. The largest absolute Gasteiger partial charge is 0.394 e. The Kier molecular flexibility index (Phi) is 13.2. The van der Waals surface area contributed by atoms with E-state index in [1.165, 1.54) is 0 Å². The van der Waals surface area contributed by atoms with Crippen LogP contribution in [0.1, 0.15) is 0 Å². The molecule has 0 atom stereocenters. The summed E-state index contributed by atoms with van der Waals surface area (Å²) in [5, 5.41) is 0. The van der Waals surface area contributed by atoms with E-state index >= 15 is 0 Å². The molecule has 0 aliphatic heterocycles. The molecule has 0 aliphatic rings. The standard InChI is InChI=1S/C2H22N4O24P12/c1-3-32(37(13,14)15,38(16,17)18)5-34(41(25,26)27,42(28,29)30)6-33(39(19,20)21,40(22,23)24)4-31(2,35(7,8)9)36(10,11)12/h1-2H3,(H2,7,8,9)(H2,10,11,12)(H2,13,14,15)(H2,16,17,18)(H2,19,20,21)(H2,22,23,24)(H2,25,26,27)(H2,28,29,30). The van der Waals surface area contributed by atoms with Gasteiger partial charge in [-0.2, -0.15) is 9.03 Å². The van der Waals surface area contributed by atoms with Crippen LogP contribution in [0.3, 0.4) is 0 Å². The highest BCUT2D eigenvalue weighted by Crippen LogP contribution is 3.12. The van der Waals surface area contributed by atoms with Crippen molar-refractivity contribution in [2.45, 2.75) is 0 Å². The fraction of sp³-hybridized carbons (Fsp3) is 1.00. The molecule has 0 radical (unpaired) electrons. The van der Waals surface area contributed by atoms with Crippen LogP contribution in [0.5, 0.6) is 0 Å². The molecule has 0 aliphatic carbocycles. The predicted octanol–water partition coefficient (Wildman–Crippen LogP) is 1.54. The summed E-state index contributed by atoms with van der Waals surface area (Å²) >= 11 is 0. The molecule has 0 spiro atoms. The normalized spacial score (nSPS) is 16.1. The Bertz CT molecular complexity index is 1620. The van der Waals surface area contributed by atoms with Crippen LogP contribution in [0.25, 0.3) is 0 Å². The summed E-state index contributed by atoms with van der Waals surface area (Å²) < 4.78 is 108. The molecule has 0 heterocycles. The van der Waals surface area contributed by atoms with Gasteiger partial charge >= 0.3 is 71.4 Å². The summed E-state index contributed by atoms with van der Waals surface area (Å²) in [5.74, 6) is 0. The minimum Gasteiger partial charge on any atom is -0.320 e. The van der Waals surface area contributed by atoms with Gasteiger partial charge < -0.3 is 78.3 Å². The molecule has 0 fully saturated rings. The molecular formula is C2H22N4O24P12. The molecule has 0 unspecified atom stereocenters. The number of rotatable bonds is 11. The molecule has 0 saturated heterocycles. The molecule has 42 heavy (non-hydrogen) atoms. The van der Waals surface area contributed by atoms with Crippen molar-refractivity contribution in [2.75, 3.05) is 13.7 Å². The van der Waals surface area contributed by atoms with Gasteiger partial charge in [0.1, 0.15) is 0 Å². The van der Waals surface area contributed by atoms with Gasteiger partial charge in [-0.15, -0.1) is 0 Å². The third-order valence-electron chi connectivity index (χ3n) is 4.12. The molecule has 0 saturated carbocycles. The highest BCUT2D eigenvalue weighted by molar-refractivity contribution is 8.72. The highest BCUT2D eigenvalue weighted by atomic mass is 32.5. The maximum atomic E-state index is 12.5. The molecule has 0 aromatic carbocycles. The maximum absolute atomic E-state index is 12.5. The Hall–Kier alpha value is 2.12. The SMILES string of the molecule is CN=P(N=P(N=P(N=P(C)(P(=O)(O)O)P(=O)(O)O)(P(=O)(O)O)P(=O)(O)O)(P(=O)(O)O)P(=O)(O)O)(P(=O)(O)O)P(=O)(O)O. The Labute approximate surface area is 231 Å². The van der Waals surface area contributed by atoms with Gasteiger partial charge in [-0.1, -0.05) is 0 Å². The van der Waals surface area contributed by atoms with Gasteiger partial charge in [-0.05, 0) is 6.66 Å². The zero-order valence-electron chi connectivity index (χ0n) is 19.6. The molecule has 254 valence electrons. The van der Waals surface area contributed by atoms with Crippen molar-refractivity contribution in [1.29, 1.82) is 0 Å². The quantitative estimate of drug-likeness (QED) is 0.131. The molecular weight excluding hydrogens is 836 g/mol. The van der Waals surface area contributed by atoms with E-state index in [1.54, 1.807) is 0 Å². The lowest BCUT2D eigenvalue weighted by molar-refractivity contribution is 0.383. The van der Waals surface area contributed by atoms with E-state index in [2.05, 4.69) is 18.3 Å². The minimum atomic E-state index is -7.66. The van der Waals surface area contributed by atoms with Crippen LogP contribution < -0.4 is 0 Å². The first-order valence-electron chi connectivity index (χ1n) is 8.56. The smallest absolute Gasteiger partial charge is 0.320 e. The number of nitrogens with zero attached hydrogens (tertiary/aromatic N) is 4. The van der Waals surface area contributed by atoms with Gasteiger partial charge in [-0.3, -0.25) is 41.3 Å². The zero-order valence-corrected chi connectivity index (χ0v) is 30.3. The first kappa shape index (κ1) is 44.1. The van der Waals surface area contributed by atoms with Crippen molar-refractivity contribution in [3.8, 4) is 0 Å². The Morgan fingerprint density at radius 2 is 0.524 bits per heavy atom. The third kappa shape index (κ3) is 7.87. The van der Waals surface area contributed by atoms with E-state index in [4.69, 9.17) is 0 Å². The summed E-state index contributed by atoms with van der Waals surface area (Å²) in [5.41, 5.74) is 0. The first-order valence-corrected chi connectivity index (χ1v) is 34.4. The van der Waals surface area contributed by atoms with Crippen molar-refractivity contribution in [1.82, 2.24) is 0 Å². The van der Waals surface area contributed by atoms with Gasteiger partial charge in [0.25, 0.3) is 6.58 Å². The second-order valence-corrected chi connectivity index (χ2v) is 53.8. The van der Waals surface area contributed by atoms with Crippen molar-refractivity contribution in [3.05, 3.63) is 0 Å². The summed E-state index contributed by atoms with van der Waals surface area (Å²) in [6, 6.07) is 0. The molecule has 40 heteroatoms. The van der Waals surface area contributed by atoms with Gasteiger partial charge in [-0.25, -0.2) is 4.52 Å². The third-order valence-corrected chi connectivity index (χ3v) is 62.0. The molecule has 28 nitrogen and oxygen atoms in total. The van der Waals surface area contributed by atoms with Crippen LogP contribution in [0.4, 0.5) is 0 Å². The topological polar surface area (TPSA) is 510 Å². The number of hydrogen-bond donors (Lipinski definition) is 16. The van der Waals surface area contributed by atoms with E-state index in [1.807, 2.05) is 0 Å². The lowest BCUT2D eigenvalue weighted by Gasteiger charge is -2.32. The first-order chi connectivity index (χ1) is 17.7. The lowest BCUT2D eigenvalue weighted by atomic mass is 11.6. The fourth-order valence-corrected chi connectivity index (χ4v) is 61.8. The summed E-state index contributed by atoms with van der Waals surface area (Å²) in [7, 11) is -56.8. The zero-order chi connectivity index (χ0) is 34.8. The molecule has 0 bridgehead atoms. The molecule has 0 aromatic rings. The van der Waals surface area contributed by atoms with Gasteiger partial charge in [0.15, 0.2) is 6.43 Å². The average molecular weight is 858 g/mol. The van der Waals surface area contributed by atoms with Crippen LogP contribution in [-0.2, 0) is 36.5 Å².